The predicted molar refractivity (Wildman–Crippen MR) is 103 cm³/mol. The molecule has 5 nitrogen and oxygen atoms in total. The van der Waals surface area contributed by atoms with Crippen LogP contribution in [0.1, 0.15) is 48.0 Å². The fourth-order valence-corrected chi connectivity index (χ4v) is 3.63. The Hall–Kier alpha value is -2.47. The van der Waals surface area contributed by atoms with E-state index in [9.17, 15) is 18.0 Å². The summed E-state index contributed by atoms with van der Waals surface area (Å²) in [5.41, 5.74) is 1.83. The zero-order valence-corrected chi connectivity index (χ0v) is 16.0. The summed E-state index contributed by atoms with van der Waals surface area (Å²) in [5.74, 6) is -0.720. The van der Waals surface area contributed by atoms with E-state index in [1.54, 1.807) is 48.5 Å². The first-order valence-electron chi connectivity index (χ1n) is 8.42. The van der Waals surface area contributed by atoms with E-state index in [-0.39, 0.29) is 36.2 Å². The van der Waals surface area contributed by atoms with Gasteiger partial charge in [-0.15, -0.1) is 0 Å². The molecule has 0 spiro atoms. The minimum atomic E-state index is -3.50. The number of nitrogens with one attached hydrogen (secondary N) is 1. The number of hydrogen-bond acceptors (Lipinski definition) is 4. The first-order valence-corrected chi connectivity index (χ1v) is 10.1. The third-order valence-electron chi connectivity index (χ3n) is 3.87. The van der Waals surface area contributed by atoms with Crippen LogP contribution in [0.5, 0.6) is 0 Å². The number of hydrogen-bond donors (Lipinski definition) is 1. The second-order valence-electron chi connectivity index (χ2n) is 6.51. The Bertz CT molecular complexity index is 889. The van der Waals surface area contributed by atoms with E-state index in [0.717, 1.165) is 5.56 Å². The summed E-state index contributed by atoms with van der Waals surface area (Å²) in [5, 5.41) is 2.77. The van der Waals surface area contributed by atoms with Crippen molar-refractivity contribution in [3.05, 3.63) is 65.2 Å². The highest BCUT2D eigenvalue weighted by atomic mass is 32.2. The summed E-state index contributed by atoms with van der Waals surface area (Å²) in [6, 6.07) is 12.8. The molecule has 1 N–H and O–H groups in total. The van der Waals surface area contributed by atoms with Crippen molar-refractivity contribution in [3.63, 3.8) is 0 Å². The second kappa shape index (κ2) is 8.27. The van der Waals surface area contributed by atoms with Crippen molar-refractivity contribution in [1.29, 1.82) is 0 Å². The summed E-state index contributed by atoms with van der Waals surface area (Å²) >= 11 is 0. The third kappa shape index (κ3) is 5.26. The first kappa shape index (κ1) is 19.8. The quantitative estimate of drug-likeness (QED) is 0.752. The third-order valence-corrected chi connectivity index (χ3v) is 5.60. The highest BCUT2D eigenvalue weighted by Gasteiger charge is 2.17. The Morgan fingerprint density at radius 3 is 2.04 bits per heavy atom. The number of ketones is 1. The summed E-state index contributed by atoms with van der Waals surface area (Å²) in [6.45, 7) is 5.61. The topological polar surface area (TPSA) is 80.3 Å². The molecule has 2 aromatic carbocycles. The average Bonchev–Trinajstić information content (AvgIpc) is 2.59. The lowest BCUT2D eigenvalue weighted by Gasteiger charge is -2.09. The van der Waals surface area contributed by atoms with Crippen molar-refractivity contribution in [1.82, 2.24) is 5.32 Å². The van der Waals surface area contributed by atoms with Gasteiger partial charge in [-0.2, -0.15) is 0 Å². The van der Waals surface area contributed by atoms with E-state index in [0.29, 0.717) is 11.1 Å². The van der Waals surface area contributed by atoms with Gasteiger partial charge in [0.15, 0.2) is 15.6 Å². The van der Waals surface area contributed by atoms with Crippen LogP contribution in [0.2, 0.25) is 0 Å². The molecule has 0 aliphatic heterocycles. The summed E-state index contributed by atoms with van der Waals surface area (Å²) in [7, 11) is -3.50. The molecule has 1 amide bonds. The second-order valence-corrected chi connectivity index (χ2v) is 8.62. The molecule has 6 heteroatoms. The number of benzene rings is 2. The molecule has 0 aliphatic rings. The Kier molecular flexibility index (Phi) is 6.32. The van der Waals surface area contributed by atoms with Gasteiger partial charge >= 0.3 is 0 Å². The smallest absolute Gasteiger partial charge is 0.251 e. The first-order chi connectivity index (χ1) is 12.2. The van der Waals surface area contributed by atoms with Gasteiger partial charge in [0.2, 0.25) is 0 Å². The molecule has 2 aromatic rings. The van der Waals surface area contributed by atoms with Gasteiger partial charge in [0, 0.05) is 25.0 Å². The largest absolute Gasteiger partial charge is 0.350 e. The van der Waals surface area contributed by atoms with Gasteiger partial charge in [-0.3, -0.25) is 9.59 Å². The van der Waals surface area contributed by atoms with Gasteiger partial charge < -0.3 is 5.32 Å². The fraction of sp³-hybridized carbons (Fsp3) is 0.300. The maximum atomic E-state index is 12.3. The van der Waals surface area contributed by atoms with Crippen LogP contribution in [0.4, 0.5) is 0 Å². The molecular weight excluding hydrogens is 350 g/mol. The van der Waals surface area contributed by atoms with Crippen LogP contribution in [-0.2, 0) is 9.84 Å². The summed E-state index contributed by atoms with van der Waals surface area (Å²) < 4.78 is 24.6. The maximum absolute atomic E-state index is 12.3. The summed E-state index contributed by atoms with van der Waals surface area (Å²) in [6.07, 6.45) is -0.103. The Morgan fingerprint density at radius 2 is 1.50 bits per heavy atom. The number of aryl methyl sites for hydroxylation is 1. The molecule has 0 radical (unpaired) electrons. The normalized spacial score (nSPS) is 11.4. The van der Waals surface area contributed by atoms with Crippen molar-refractivity contribution in [2.75, 3.05) is 5.75 Å². The van der Waals surface area contributed by atoms with Crippen LogP contribution in [0.15, 0.2) is 53.4 Å². The molecular formula is C20H25NO4S. The molecule has 0 aromatic heterocycles. The monoisotopic (exact) mass is 375 g/mol. The van der Waals surface area contributed by atoms with Crippen molar-refractivity contribution < 1.29 is 19.4 Å². The predicted octanol–water partition coefficient (Wildman–Crippen LogP) is 3.43. The molecule has 0 bridgehead atoms. The van der Waals surface area contributed by atoms with Crippen molar-refractivity contribution in [2.24, 2.45) is 0 Å². The van der Waals surface area contributed by atoms with E-state index in [4.69, 9.17) is 0 Å². The highest BCUT2D eigenvalue weighted by Crippen LogP contribution is 2.15. The van der Waals surface area contributed by atoms with Crippen LogP contribution in [-0.4, -0.2) is 31.9 Å². The van der Waals surface area contributed by atoms with Crippen molar-refractivity contribution in [3.8, 4) is 0 Å². The molecule has 2 rings (SSSR count). The molecule has 26 heavy (non-hydrogen) atoms. The Labute approximate surface area is 155 Å². The summed E-state index contributed by atoms with van der Waals surface area (Å²) in [4.78, 5) is 24.4. The van der Waals surface area contributed by atoms with Gasteiger partial charge in [0.05, 0.1) is 10.6 Å². The van der Waals surface area contributed by atoms with E-state index in [2.05, 4.69) is 5.32 Å². The Morgan fingerprint density at radius 1 is 0.962 bits per heavy atom. The molecule has 0 fully saturated rings. The molecule has 0 heterocycles. The van der Waals surface area contributed by atoms with Crippen LogP contribution < -0.4 is 5.32 Å². The molecule has 0 aliphatic carbocycles. The number of carbonyl (C=O) groups excluding carboxylic acids is 2. The highest BCUT2D eigenvalue weighted by molar-refractivity contribution is 7.91. The van der Waals surface area contributed by atoms with Gasteiger partial charge in [-0.1, -0.05) is 29.8 Å². The SMILES string of the molecule is Cc1ccc(S(=O)(=O)CCC(=O)c2ccc(C(=O)NC(C)C)cc2)cc1.[HH]. The van der Waals surface area contributed by atoms with Crippen molar-refractivity contribution in [2.45, 2.75) is 38.1 Å². The standard InChI is InChI=1S/C20H23NO4S.H2/c1-14(2)21-20(23)17-8-6-16(7-9-17)19(22)12-13-26(24,25)18-10-4-15(3)5-11-18;/h4-11,14H,12-13H2,1-3H3,(H,21,23);1H. The minimum Gasteiger partial charge on any atom is -0.350 e. The number of sulfone groups is 1. The number of carbonyl (C=O) groups is 2. The van der Waals surface area contributed by atoms with E-state index in [1.165, 1.54) is 0 Å². The van der Waals surface area contributed by atoms with Gasteiger partial charge in [-0.05, 0) is 45.0 Å². The lowest BCUT2D eigenvalue weighted by molar-refractivity contribution is 0.0940. The molecule has 0 saturated heterocycles. The van der Waals surface area contributed by atoms with Gasteiger partial charge in [0.1, 0.15) is 0 Å². The van der Waals surface area contributed by atoms with Crippen LogP contribution in [0, 0.1) is 6.92 Å². The van der Waals surface area contributed by atoms with Gasteiger partial charge in [-0.25, -0.2) is 8.42 Å². The molecule has 0 unspecified atom stereocenters. The van der Waals surface area contributed by atoms with E-state index < -0.39 is 9.84 Å². The lowest BCUT2D eigenvalue weighted by Crippen LogP contribution is -2.30. The van der Waals surface area contributed by atoms with E-state index in [1.807, 2.05) is 20.8 Å². The number of Topliss-reactive ketones (excluding diaryl/α,β-unsaturated/α-hetero) is 1. The molecule has 140 valence electrons. The maximum Gasteiger partial charge on any atom is 0.251 e. The van der Waals surface area contributed by atoms with Crippen LogP contribution in [0.25, 0.3) is 0 Å². The fourth-order valence-electron chi connectivity index (χ4n) is 2.39. The minimum absolute atomic E-state index is 0. The molecule has 0 atom stereocenters. The Balaban J connectivity index is 0.00000364. The van der Waals surface area contributed by atoms with Gasteiger partial charge in [0.25, 0.3) is 5.91 Å². The molecule has 0 saturated carbocycles. The zero-order valence-electron chi connectivity index (χ0n) is 15.2. The van der Waals surface area contributed by atoms with Crippen molar-refractivity contribution >= 4 is 21.5 Å². The van der Waals surface area contributed by atoms with E-state index >= 15 is 0 Å². The average molecular weight is 375 g/mol. The van der Waals surface area contributed by atoms with Crippen LogP contribution >= 0.6 is 0 Å². The van der Waals surface area contributed by atoms with Crippen LogP contribution in [0.3, 0.4) is 0 Å². The lowest BCUT2D eigenvalue weighted by atomic mass is 10.1. The zero-order chi connectivity index (χ0) is 19.3. The number of rotatable bonds is 7. The number of amides is 1.